The first-order valence-electron chi connectivity index (χ1n) is 8.99. The third kappa shape index (κ3) is 4.67. The summed E-state index contributed by atoms with van der Waals surface area (Å²) in [6.45, 7) is 7.51. The van der Waals surface area contributed by atoms with E-state index in [0.717, 1.165) is 49.6 Å². The third-order valence-corrected chi connectivity index (χ3v) is 5.48. The van der Waals surface area contributed by atoms with E-state index in [9.17, 15) is 9.59 Å². The maximum atomic E-state index is 12.2. The summed E-state index contributed by atoms with van der Waals surface area (Å²) >= 11 is 1.47. The minimum atomic E-state index is -0.0272. The molecule has 3 rings (SSSR count). The Hall–Kier alpha value is -1.73. The average Bonchev–Trinajstić information content (AvgIpc) is 3.04. The molecule has 2 aromatic heterocycles. The van der Waals surface area contributed by atoms with E-state index in [0.29, 0.717) is 12.5 Å². The van der Waals surface area contributed by atoms with Gasteiger partial charge in [-0.1, -0.05) is 13.8 Å². The summed E-state index contributed by atoms with van der Waals surface area (Å²) in [6, 6.07) is 1.62. The van der Waals surface area contributed by atoms with Crippen molar-refractivity contribution in [1.82, 2.24) is 19.6 Å². The van der Waals surface area contributed by atoms with Crippen molar-refractivity contribution in [2.24, 2.45) is 11.8 Å². The van der Waals surface area contributed by atoms with Gasteiger partial charge in [-0.05, 0) is 38.3 Å². The van der Waals surface area contributed by atoms with Crippen molar-refractivity contribution >= 4 is 22.2 Å². The van der Waals surface area contributed by atoms with Gasteiger partial charge >= 0.3 is 0 Å². The maximum Gasteiger partial charge on any atom is 0.258 e. The van der Waals surface area contributed by atoms with Gasteiger partial charge in [0, 0.05) is 36.7 Å². The predicted molar refractivity (Wildman–Crippen MR) is 99.8 cm³/mol. The molecule has 1 saturated heterocycles. The molecule has 1 aliphatic rings. The highest BCUT2D eigenvalue weighted by atomic mass is 32.1. The van der Waals surface area contributed by atoms with Crippen LogP contribution >= 0.6 is 11.3 Å². The van der Waals surface area contributed by atoms with Gasteiger partial charge in [0.2, 0.25) is 5.91 Å². The van der Waals surface area contributed by atoms with E-state index in [-0.39, 0.29) is 17.4 Å². The average molecular weight is 362 g/mol. The van der Waals surface area contributed by atoms with Crippen LogP contribution in [0.15, 0.2) is 22.4 Å². The van der Waals surface area contributed by atoms with Crippen molar-refractivity contribution in [3.8, 4) is 0 Å². The number of rotatable bonds is 6. The quantitative estimate of drug-likeness (QED) is 0.855. The topological polar surface area (TPSA) is 66.7 Å². The highest BCUT2D eigenvalue weighted by Crippen LogP contribution is 2.19. The number of hydrogen-bond donors (Lipinski definition) is 1. The van der Waals surface area contributed by atoms with Crippen molar-refractivity contribution in [3.05, 3.63) is 33.7 Å². The van der Waals surface area contributed by atoms with Crippen LogP contribution in [0.2, 0.25) is 0 Å². The summed E-state index contributed by atoms with van der Waals surface area (Å²) < 4.78 is 1.57. The van der Waals surface area contributed by atoms with Crippen LogP contribution < -0.4 is 10.9 Å². The molecule has 136 valence electrons. The van der Waals surface area contributed by atoms with E-state index in [1.807, 2.05) is 5.38 Å². The van der Waals surface area contributed by atoms with Gasteiger partial charge in [0.1, 0.15) is 0 Å². The molecule has 0 aliphatic carbocycles. The van der Waals surface area contributed by atoms with E-state index >= 15 is 0 Å². The molecule has 0 atom stereocenters. The van der Waals surface area contributed by atoms with Gasteiger partial charge < -0.3 is 5.32 Å². The first-order chi connectivity index (χ1) is 12.0. The molecule has 0 spiro atoms. The van der Waals surface area contributed by atoms with Crippen LogP contribution in [0.1, 0.15) is 38.8 Å². The Kier molecular flexibility index (Phi) is 5.86. The molecule has 6 nitrogen and oxygen atoms in total. The summed E-state index contributed by atoms with van der Waals surface area (Å²) in [7, 11) is 0. The van der Waals surface area contributed by atoms with E-state index < -0.39 is 0 Å². The van der Waals surface area contributed by atoms with E-state index in [1.165, 1.54) is 11.3 Å². The Labute approximate surface area is 151 Å². The minimum Gasteiger partial charge on any atom is -0.356 e. The summed E-state index contributed by atoms with van der Waals surface area (Å²) in [5.74, 6) is 0.915. The number of nitrogens with zero attached hydrogens (tertiary/aromatic N) is 3. The molecular weight excluding hydrogens is 336 g/mol. The molecule has 0 unspecified atom stereocenters. The number of amides is 1. The Balaban J connectivity index is 1.50. The zero-order valence-electron chi connectivity index (χ0n) is 14.9. The Morgan fingerprint density at radius 1 is 1.40 bits per heavy atom. The van der Waals surface area contributed by atoms with Crippen LogP contribution in [0.25, 0.3) is 4.96 Å². The number of thiazole rings is 1. The molecule has 0 bridgehead atoms. The Morgan fingerprint density at radius 2 is 2.16 bits per heavy atom. The predicted octanol–water partition coefficient (Wildman–Crippen LogP) is 2.13. The number of aromatic nitrogens is 2. The summed E-state index contributed by atoms with van der Waals surface area (Å²) in [5, 5.41) is 4.93. The SMILES string of the molecule is CC(C)CCNC(=O)C1CCN(Cc2cc(=O)n3ccsc3n2)CC1. The fraction of sp³-hybridized carbons (Fsp3) is 0.611. The fourth-order valence-corrected chi connectivity index (χ4v) is 3.92. The van der Waals surface area contributed by atoms with Crippen LogP contribution in [0.4, 0.5) is 0 Å². The molecular formula is C18H26N4O2S. The lowest BCUT2D eigenvalue weighted by Gasteiger charge is -2.31. The highest BCUT2D eigenvalue weighted by molar-refractivity contribution is 7.15. The number of nitrogens with one attached hydrogen (secondary N) is 1. The number of carbonyl (C=O) groups excluding carboxylic acids is 1. The zero-order chi connectivity index (χ0) is 17.8. The van der Waals surface area contributed by atoms with E-state index in [1.54, 1.807) is 16.7 Å². The molecule has 2 aromatic rings. The zero-order valence-corrected chi connectivity index (χ0v) is 15.7. The third-order valence-electron chi connectivity index (χ3n) is 4.72. The molecule has 1 fully saturated rings. The van der Waals surface area contributed by atoms with Crippen molar-refractivity contribution in [2.45, 2.75) is 39.7 Å². The second-order valence-electron chi connectivity index (χ2n) is 7.17. The van der Waals surface area contributed by atoms with Crippen LogP contribution in [0, 0.1) is 11.8 Å². The second-order valence-corrected chi connectivity index (χ2v) is 8.04. The molecule has 0 aromatic carbocycles. The molecule has 0 radical (unpaired) electrons. The number of piperidine rings is 1. The molecule has 1 aliphatic heterocycles. The maximum absolute atomic E-state index is 12.2. The number of carbonyl (C=O) groups is 1. The molecule has 1 amide bonds. The summed E-state index contributed by atoms with van der Waals surface area (Å²) in [6.07, 6.45) is 4.51. The van der Waals surface area contributed by atoms with Gasteiger partial charge in [0.15, 0.2) is 4.96 Å². The standard InChI is InChI=1S/C18H26N4O2S/c1-13(2)3-6-19-17(24)14-4-7-21(8-5-14)12-15-11-16(23)22-9-10-25-18(22)20-15/h9-11,13-14H,3-8,12H2,1-2H3,(H,19,24). The van der Waals surface area contributed by atoms with Gasteiger partial charge in [0.25, 0.3) is 5.56 Å². The lowest BCUT2D eigenvalue weighted by atomic mass is 9.95. The van der Waals surface area contributed by atoms with Crippen LogP contribution in [-0.4, -0.2) is 39.8 Å². The number of likely N-dealkylation sites (tertiary alicyclic amines) is 1. The van der Waals surface area contributed by atoms with Crippen LogP contribution in [-0.2, 0) is 11.3 Å². The number of hydrogen-bond acceptors (Lipinski definition) is 5. The summed E-state index contributed by atoms with van der Waals surface area (Å²) in [5.41, 5.74) is 0.785. The first-order valence-corrected chi connectivity index (χ1v) is 9.86. The van der Waals surface area contributed by atoms with Crippen molar-refractivity contribution in [1.29, 1.82) is 0 Å². The van der Waals surface area contributed by atoms with Crippen molar-refractivity contribution in [2.75, 3.05) is 19.6 Å². The summed E-state index contributed by atoms with van der Waals surface area (Å²) in [4.78, 5) is 31.9. The van der Waals surface area contributed by atoms with Crippen LogP contribution in [0.5, 0.6) is 0 Å². The number of fused-ring (bicyclic) bond motifs is 1. The molecule has 3 heterocycles. The Bertz CT molecular complexity index is 775. The normalized spacial score (nSPS) is 16.6. The molecule has 25 heavy (non-hydrogen) atoms. The molecule has 1 N–H and O–H groups in total. The first kappa shape index (κ1) is 18.1. The fourth-order valence-electron chi connectivity index (χ4n) is 3.18. The van der Waals surface area contributed by atoms with Crippen molar-refractivity contribution in [3.63, 3.8) is 0 Å². The van der Waals surface area contributed by atoms with Gasteiger partial charge in [-0.15, -0.1) is 11.3 Å². The lowest BCUT2D eigenvalue weighted by molar-refractivity contribution is -0.126. The van der Waals surface area contributed by atoms with Gasteiger partial charge in [-0.2, -0.15) is 0 Å². The minimum absolute atomic E-state index is 0.0272. The largest absolute Gasteiger partial charge is 0.356 e. The van der Waals surface area contributed by atoms with Gasteiger partial charge in [-0.3, -0.25) is 18.9 Å². The second kappa shape index (κ2) is 8.10. The van der Waals surface area contributed by atoms with Gasteiger partial charge in [0.05, 0.1) is 5.69 Å². The Morgan fingerprint density at radius 3 is 2.88 bits per heavy atom. The van der Waals surface area contributed by atoms with Crippen LogP contribution in [0.3, 0.4) is 0 Å². The monoisotopic (exact) mass is 362 g/mol. The molecule has 7 heteroatoms. The highest BCUT2D eigenvalue weighted by Gasteiger charge is 2.25. The van der Waals surface area contributed by atoms with E-state index in [2.05, 4.69) is 29.0 Å². The van der Waals surface area contributed by atoms with Gasteiger partial charge in [-0.25, -0.2) is 4.98 Å². The smallest absolute Gasteiger partial charge is 0.258 e. The molecule has 0 saturated carbocycles. The lowest BCUT2D eigenvalue weighted by Crippen LogP contribution is -2.40. The van der Waals surface area contributed by atoms with Crippen molar-refractivity contribution < 1.29 is 4.79 Å². The van der Waals surface area contributed by atoms with E-state index in [4.69, 9.17) is 0 Å².